The first-order valence-corrected chi connectivity index (χ1v) is 8.54. The number of rotatable bonds is 4. The van der Waals surface area contributed by atoms with Gasteiger partial charge < -0.3 is 4.74 Å². The summed E-state index contributed by atoms with van der Waals surface area (Å²) in [4.78, 5) is 29.0. The van der Waals surface area contributed by atoms with Crippen molar-refractivity contribution in [2.75, 3.05) is 6.61 Å². The van der Waals surface area contributed by atoms with Crippen LogP contribution in [0, 0.1) is 6.92 Å². The standard InChI is InChI=1S/C20H21N3O3/c1-3-26-17-10-5-4-9-15(17)16-12-18(24)22-20(21-16)23-19(25)14-8-6-7-13(2)11-14/h4-11,16H,3,12H2,1-2H3,(H2,21,22,23,24,25)/t16-/m1/s1. The van der Waals surface area contributed by atoms with E-state index in [0.717, 1.165) is 11.1 Å². The Kier molecular flexibility index (Phi) is 5.31. The highest BCUT2D eigenvalue weighted by Crippen LogP contribution is 2.31. The molecule has 0 aliphatic carbocycles. The molecule has 2 N–H and O–H groups in total. The van der Waals surface area contributed by atoms with E-state index in [2.05, 4.69) is 15.6 Å². The van der Waals surface area contributed by atoms with Crippen LogP contribution in [0.4, 0.5) is 0 Å². The van der Waals surface area contributed by atoms with Crippen LogP contribution in [0.2, 0.25) is 0 Å². The Morgan fingerprint density at radius 3 is 2.85 bits per heavy atom. The SMILES string of the molecule is CCOc1ccccc1[C@H]1CC(=O)NC(NC(=O)c2cccc(C)c2)=N1. The minimum absolute atomic E-state index is 0.157. The van der Waals surface area contributed by atoms with Crippen LogP contribution in [0.25, 0.3) is 0 Å². The summed E-state index contributed by atoms with van der Waals surface area (Å²) in [6, 6.07) is 14.3. The Morgan fingerprint density at radius 1 is 1.27 bits per heavy atom. The van der Waals surface area contributed by atoms with E-state index in [1.807, 2.05) is 50.2 Å². The van der Waals surface area contributed by atoms with Crippen LogP contribution in [0.15, 0.2) is 53.5 Å². The number of aryl methyl sites for hydroxylation is 1. The molecule has 0 unspecified atom stereocenters. The van der Waals surface area contributed by atoms with E-state index in [1.165, 1.54) is 0 Å². The summed E-state index contributed by atoms with van der Waals surface area (Å²) in [5, 5.41) is 5.30. The number of benzene rings is 2. The Hall–Kier alpha value is -3.15. The second-order valence-electron chi connectivity index (χ2n) is 6.04. The van der Waals surface area contributed by atoms with E-state index >= 15 is 0 Å². The molecule has 6 heteroatoms. The summed E-state index contributed by atoms with van der Waals surface area (Å²) in [6.45, 7) is 4.34. The number of amides is 2. The number of guanidine groups is 1. The van der Waals surface area contributed by atoms with Crippen molar-refractivity contribution in [3.63, 3.8) is 0 Å². The zero-order valence-corrected chi connectivity index (χ0v) is 14.8. The van der Waals surface area contributed by atoms with Crippen LogP contribution in [-0.2, 0) is 4.79 Å². The van der Waals surface area contributed by atoms with Crippen molar-refractivity contribution in [2.24, 2.45) is 4.99 Å². The predicted molar refractivity (Wildman–Crippen MR) is 99.2 cm³/mol. The summed E-state index contributed by atoms with van der Waals surface area (Å²) in [7, 11) is 0. The Morgan fingerprint density at radius 2 is 2.08 bits per heavy atom. The second-order valence-corrected chi connectivity index (χ2v) is 6.04. The number of para-hydroxylation sites is 1. The van der Waals surface area contributed by atoms with Crippen molar-refractivity contribution >= 4 is 17.8 Å². The minimum Gasteiger partial charge on any atom is -0.494 e. The molecule has 26 heavy (non-hydrogen) atoms. The Bertz CT molecular complexity index is 861. The van der Waals surface area contributed by atoms with Gasteiger partial charge in [0.15, 0.2) is 0 Å². The number of nitrogens with zero attached hydrogens (tertiary/aromatic N) is 1. The number of ether oxygens (including phenoxy) is 1. The summed E-state index contributed by atoms with van der Waals surface area (Å²) in [6.07, 6.45) is 0.202. The molecular formula is C20H21N3O3. The lowest BCUT2D eigenvalue weighted by Crippen LogP contribution is -2.47. The molecule has 1 aliphatic rings. The van der Waals surface area contributed by atoms with Crippen LogP contribution in [0.5, 0.6) is 5.75 Å². The van der Waals surface area contributed by atoms with Gasteiger partial charge in [0.1, 0.15) is 5.75 Å². The van der Waals surface area contributed by atoms with Crippen LogP contribution >= 0.6 is 0 Å². The molecule has 134 valence electrons. The minimum atomic E-state index is -0.403. The topological polar surface area (TPSA) is 79.8 Å². The third kappa shape index (κ3) is 4.08. The second kappa shape index (κ2) is 7.82. The van der Waals surface area contributed by atoms with Gasteiger partial charge in [-0.05, 0) is 32.0 Å². The maximum atomic E-state index is 12.4. The zero-order valence-electron chi connectivity index (χ0n) is 14.8. The van der Waals surface area contributed by atoms with Gasteiger partial charge in [0, 0.05) is 11.1 Å². The van der Waals surface area contributed by atoms with Gasteiger partial charge in [-0.15, -0.1) is 0 Å². The molecule has 1 atom stereocenters. The van der Waals surface area contributed by atoms with E-state index in [0.29, 0.717) is 17.9 Å². The fraction of sp³-hybridized carbons (Fsp3) is 0.250. The average Bonchev–Trinajstić information content (AvgIpc) is 2.62. The summed E-state index contributed by atoms with van der Waals surface area (Å²) in [5.74, 6) is 0.342. The fourth-order valence-corrected chi connectivity index (χ4v) is 2.84. The van der Waals surface area contributed by atoms with Crippen molar-refractivity contribution in [3.05, 3.63) is 65.2 Å². The highest BCUT2D eigenvalue weighted by atomic mass is 16.5. The molecular weight excluding hydrogens is 330 g/mol. The van der Waals surface area contributed by atoms with E-state index in [9.17, 15) is 9.59 Å². The first-order valence-electron chi connectivity index (χ1n) is 8.54. The molecule has 0 saturated heterocycles. The molecule has 2 aromatic rings. The van der Waals surface area contributed by atoms with Gasteiger partial charge in [-0.2, -0.15) is 0 Å². The number of nitrogens with one attached hydrogen (secondary N) is 2. The predicted octanol–water partition coefficient (Wildman–Crippen LogP) is 2.74. The highest BCUT2D eigenvalue weighted by Gasteiger charge is 2.25. The largest absolute Gasteiger partial charge is 0.494 e. The van der Waals surface area contributed by atoms with Crippen LogP contribution in [0.1, 0.15) is 40.9 Å². The maximum Gasteiger partial charge on any atom is 0.257 e. The average molecular weight is 351 g/mol. The van der Waals surface area contributed by atoms with Gasteiger partial charge in [-0.1, -0.05) is 35.9 Å². The number of carbonyl (C=O) groups is 2. The van der Waals surface area contributed by atoms with Gasteiger partial charge in [0.25, 0.3) is 5.91 Å². The quantitative estimate of drug-likeness (QED) is 0.889. The molecule has 0 aromatic heterocycles. The summed E-state index contributed by atoms with van der Waals surface area (Å²) >= 11 is 0. The van der Waals surface area contributed by atoms with Gasteiger partial charge in [-0.3, -0.25) is 20.2 Å². The maximum absolute atomic E-state index is 12.4. The highest BCUT2D eigenvalue weighted by molar-refractivity contribution is 6.10. The van der Waals surface area contributed by atoms with E-state index in [4.69, 9.17) is 4.74 Å². The van der Waals surface area contributed by atoms with Crippen molar-refractivity contribution in [1.29, 1.82) is 0 Å². The first kappa shape index (κ1) is 17.7. The molecule has 0 radical (unpaired) electrons. The van der Waals surface area contributed by atoms with Gasteiger partial charge in [-0.25, -0.2) is 4.99 Å². The van der Waals surface area contributed by atoms with Crippen molar-refractivity contribution < 1.29 is 14.3 Å². The van der Waals surface area contributed by atoms with E-state index in [-0.39, 0.29) is 24.2 Å². The molecule has 2 aromatic carbocycles. The van der Waals surface area contributed by atoms with Gasteiger partial charge in [0.05, 0.1) is 19.1 Å². The molecule has 3 rings (SSSR count). The summed E-state index contributed by atoms with van der Waals surface area (Å²) < 4.78 is 5.64. The number of aliphatic imine (C=N–C) groups is 1. The fourth-order valence-electron chi connectivity index (χ4n) is 2.84. The normalized spacial score (nSPS) is 16.5. The van der Waals surface area contributed by atoms with E-state index in [1.54, 1.807) is 12.1 Å². The number of hydrogen-bond donors (Lipinski definition) is 2. The molecule has 6 nitrogen and oxygen atoms in total. The van der Waals surface area contributed by atoms with E-state index < -0.39 is 6.04 Å². The van der Waals surface area contributed by atoms with Crippen molar-refractivity contribution in [2.45, 2.75) is 26.3 Å². The molecule has 0 fully saturated rings. The Balaban J connectivity index is 1.84. The van der Waals surface area contributed by atoms with Gasteiger partial charge in [0.2, 0.25) is 11.9 Å². The molecule has 0 bridgehead atoms. The molecule has 1 heterocycles. The smallest absolute Gasteiger partial charge is 0.257 e. The zero-order chi connectivity index (χ0) is 18.5. The molecule has 2 amide bonds. The number of hydrogen-bond acceptors (Lipinski definition) is 4. The molecule has 0 saturated carbocycles. The van der Waals surface area contributed by atoms with Crippen LogP contribution in [-0.4, -0.2) is 24.4 Å². The van der Waals surface area contributed by atoms with Crippen LogP contribution < -0.4 is 15.4 Å². The van der Waals surface area contributed by atoms with Gasteiger partial charge >= 0.3 is 0 Å². The Labute approximate surface area is 152 Å². The third-order valence-electron chi connectivity index (χ3n) is 4.01. The molecule has 0 spiro atoms. The van der Waals surface area contributed by atoms with Crippen molar-refractivity contribution in [1.82, 2.24) is 10.6 Å². The molecule has 1 aliphatic heterocycles. The van der Waals surface area contributed by atoms with Crippen LogP contribution in [0.3, 0.4) is 0 Å². The monoisotopic (exact) mass is 351 g/mol. The summed E-state index contributed by atoms with van der Waals surface area (Å²) in [5.41, 5.74) is 2.32. The first-order chi connectivity index (χ1) is 12.6. The lowest BCUT2D eigenvalue weighted by atomic mass is 10.0. The number of carbonyl (C=O) groups excluding carboxylic acids is 2. The lowest BCUT2D eigenvalue weighted by Gasteiger charge is -2.23. The van der Waals surface area contributed by atoms with Crippen molar-refractivity contribution in [3.8, 4) is 5.75 Å². The third-order valence-corrected chi connectivity index (χ3v) is 4.01. The lowest BCUT2D eigenvalue weighted by molar-refractivity contribution is -0.120.